The van der Waals surface area contributed by atoms with Gasteiger partial charge >= 0.3 is 0 Å². The van der Waals surface area contributed by atoms with Crippen molar-refractivity contribution in [3.63, 3.8) is 0 Å². The molecule has 0 bridgehead atoms. The van der Waals surface area contributed by atoms with E-state index in [0.29, 0.717) is 44.5 Å². The van der Waals surface area contributed by atoms with Crippen LogP contribution < -0.4 is 16.2 Å². The second-order valence-electron chi connectivity index (χ2n) is 8.19. The molecule has 160 valence electrons. The lowest BCUT2D eigenvalue weighted by Crippen LogP contribution is -2.31. The van der Waals surface area contributed by atoms with Crippen molar-refractivity contribution in [2.24, 2.45) is 0 Å². The predicted molar refractivity (Wildman–Crippen MR) is 123 cm³/mol. The number of nitrogens with zero attached hydrogens (tertiary/aromatic N) is 3. The number of hydrogen-bond acceptors (Lipinski definition) is 5. The van der Waals surface area contributed by atoms with E-state index in [2.05, 4.69) is 19.9 Å². The standard InChI is InChI=1S/C22H22ClFN6O/c1-29(2)12-5-6-30(10-12)18-9-17-16(8-14(18)24)26-21(27-17)19-20(25)13-7-11(23)3-4-15(13)28-22(19)31/h3-4,7-9,12H,5-6,10H2,1-2H3,(H,26,27)(H3,25,28,31). The molecule has 9 heteroatoms. The average Bonchev–Trinajstić information content (AvgIpc) is 3.35. The summed E-state index contributed by atoms with van der Waals surface area (Å²) in [7, 11) is 4.07. The zero-order chi connectivity index (χ0) is 21.9. The van der Waals surface area contributed by atoms with Crippen molar-refractivity contribution in [2.75, 3.05) is 37.8 Å². The third-order valence-electron chi connectivity index (χ3n) is 6.04. The summed E-state index contributed by atoms with van der Waals surface area (Å²) in [5, 5.41) is 1.14. The number of anilines is 2. The highest BCUT2D eigenvalue weighted by Crippen LogP contribution is 2.32. The van der Waals surface area contributed by atoms with Gasteiger partial charge in [-0.05, 0) is 44.8 Å². The van der Waals surface area contributed by atoms with E-state index in [1.807, 2.05) is 19.0 Å². The number of H-pyrrole nitrogens is 2. The Hall–Kier alpha value is -3.10. The first-order valence-corrected chi connectivity index (χ1v) is 10.4. The molecule has 31 heavy (non-hydrogen) atoms. The van der Waals surface area contributed by atoms with Crippen LogP contribution in [0, 0.1) is 5.82 Å². The molecule has 7 nitrogen and oxygen atoms in total. The van der Waals surface area contributed by atoms with Crippen LogP contribution in [0.15, 0.2) is 35.1 Å². The van der Waals surface area contributed by atoms with E-state index in [1.165, 1.54) is 6.07 Å². The lowest BCUT2D eigenvalue weighted by molar-refractivity contribution is 0.315. The molecule has 0 radical (unpaired) electrons. The van der Waals surface area contributed by atoms with Crippen LogP contribution >= 0.6 is 11.6 Å². The summed E-state index contributed by atoms with van der Waals surface area (Å²) in [5.74, 6) is -0.0333. The summed E-state index contributed by atoms with van der Waals surface area (Å²) in [5.41, 5.74) is 8.61. The number of aromatic nitrogens is 3. The van der Waals surface area contributed by atoms with Gasteiger partial charge in [0.05, 0.1) is 27.9 Å². The molecule has 1 atom stereocenters. The van der Waals surface area contributed by atoms with Crippen molar-refractivity contribution in [2.45, 2.75) is 12.5 Å². The quantitative estimate of drug-likeness (QED) is 0.452. The van der Waals surface area contributed by atoms with E-state index >= 15 is 0 Å². The van der Waals surface area contributed by atoms with Crippen LogP contribution in [-0.2, 0) is 0 Å². The van der Waals surface area contributed by atoms with Crippen molar-refractivity contribution >= 4 is 44.9 Å². The molecule has 3 heterocycles. The van der Waals surface area contributed by atoms with Crippen LogP contribution in [0.4, 0.5) is 15.8 Å². The predicted octanol–water partition coefficient (Wildman–Crippen LogP) is 3.59. The Morgan fingerprint density at radius 1 is 1.23 bits per heavy atom. The lowest BCUT2D eigenvalue weighted by atomic mass is 10.1. The highest BCUT2D eigenvalue weighted by atomic mass is 35.5. The number of benzene rings is 2. The molecule has 0 spiro atoms. The number of nitrogens with two attached hydrogens (primary N) is 1. The fourth-order valence-corrected chi connectivity index (χ4v) is 4.46. The molecule has 2 aromatic heterocycles. The summed E-state index contributed by atoms with van der Waals surface area (Å²) in [6.45, 7) is 1.53. The highest BCUT2D eigenvalue weighted by Gasteiger charge is 2.26. The molecule has 1 fully saturated rings. The molecule has 4 aromatic rings. The van der Waals surface area contributed by atoms with E-state index in [9.17, 15) is 9.18 Å². The summed E-state index contributed by atoms with van der Waals surface area (Å²) in [6, 6.07) is 8.62. The molecule has 0 amide bonds. The minimum Gasteiger partial charge on any atom is -0.397 e. The number of hydrogen-bond donors (Lipinski definition) is 3. The van der Waals surface area contributed by atoms with Gasteiger partial charge in [-0.1, -0.05) is 11.6 Å². The molecule has 0 saturated carbocycles. The Balaban J connectivity index is 1.61. The molecule has 1 unspecified atom stereocenters. The number of aromatic amines is 2. The third-order valence-corrected chi connectivity index (χ3v) is 6.27. The number of pyridine rings is 1. The van der Waals surface area contributed by atoms with Crippen LogP contribution in [0.25, 0.3) is 33.3 Å². The number of fused-ring (bicyclic) bond motifs is 2. The largest absolute Gasteiger partial charge is 0.397 e. The number of nitrogen functional groups attached to an aromatic ring is 1. The Bertz CT molecular complexity index is 1380. The van der Waals surface area contributed by atoms with Crippen molar-refractivity contribution in [1.29, 1.82) is 0 Å². The van der Waals surface area contributed by atoms with E-state index in [1.54, 1.807) is 24.3 Å². The number of nitrogens with one attached hydrogen (secondary N) is 2. The van der Waals surface area contributed by atoms with Gasteiger partial charge in [-0.25, -0.2) is 9.37 Å². The second kappa shape index (κ2) is 7.25. The van der Waals surface area contributed by atoms with Crippen molar-refractivity contribution in [3.8, 4) is 11.4 Å². The van der Waals surface area contributed by atoms with Crippen LogP contribution in [0.5, 0.6) is 0 Å². The normalized spacial score (nSPS) is 16.8. The molecule has 5 rings (SSSR count). The van der Waals surface area contributed by atoms with Gasteiger partial charge in [0.1, 0.15) is 17.2 Å². The first kappa shape index (κ1) is 19.8. The molecule has 4 N–H and O–H groups in total. The Morgan fingerprint density at radius 3 is 2.77 bits per heavy atom. The number of imidazole rings is 1. The maximum absolute atomic E-state index is 14.9. The van der Waals surface area contributed by atoms with E-state index in [-0.39, 0.29) is 22.6 Å². The van der Waals surface area contributed by atoms with Gasteiger partial charge in [0.15, 0.2) is 0 Å². The van der Waals surface area contributed by atoms with Gasteiger partial charge in [0.25, 0.3) is 5.56 Å². The number of rotatable bonds is 3. The maximum Gasteiger partial charge on any atom is 0.261 e. The van der Waals surface area contributed by atoms with Gasteiger partial charge in [0, 0.05) is 35.6 Å². The summed E-state index contributed by atoms with van der Waals surface area (Å²) in [4.78, 5) is 27.4. The fraction of sp³-hybridized carbons (Fsp3) is 0.273. The number of halogens is 2. The van der Waals surface area contributed by atoms with Crippen LogP contribution in [-0.4, -0.2) is 53.1 Å². The SMILES string of the molecule is CN(C)C1CCN(c2cc3nc(-c4c(N)c5cc(Cl)ccc5[nH]c4=O)[nH]c3cc2F)C1. The maximum atomic E-state index is 14.9. The van der Waals surface area contributed by atoms with Gasteiger partial charge in [-0.2, -0.15) is 0 Å². The summed E-state index contributed by atoms with van der Waals surface area (Å²) in [6.07, 6.45) is 0.974. The Morgan fingerprint density at radius 2 is 2.03 bits per heavy atom. The molecular weight excluding hydrogens is 419 g/mol. The van der Waals surface area contributed by atoms with Gasteiger partial charge in [-0.15, -0.1) is 0 Å². The summed E-state index contributed by atoms with van der Waals surface area (Å²) >= 11 is 6.10. The monoisotopic (exact) mass is 440 g/mol. The first-order valence-electron chi connectivity index (χ1n) is 10.0. The highest BCUT2D eigenvalue weighted by molar-refractivity contribution is 6.31. The fourth-order valence-electron chi connectivity index (χ4n) is 4.29. The minimum absolute atomic E-state index is 0.210. The second-order valence-corrected chi connectivity index (χ2v) is 8.63. The molecule has 2 aromatic carbocycles. The zero-order valence-corrected chi connectivity index (χ0v) is 17.9. The van der Waals surface area contributed by atoms with Gasteiger partial charge in [-0.3, -0.25) is 4.79 Å². The molecule has 0 aliphatic carbocycles. The zero-order valence-electron chi connectivity index (χ0n) is 17.2. The van der Waals surface area contributed by atoms with Crippen molar-refractivity contribution < 1.29 is 4.39 Å². The van der Waals surface area contributed by atoms with E-state index in [4.69, 9.17) is 17.3 Å². The minimum atomic E-state index is -0.375. The Labute approximate surface area is 182 Å². The average molecular weight is 441 g/mol. The number of likely N-dealkylation sites (N-methyl/N-ethyl adjacent to an activating group) is 1. The molecule has 1 aliphatic heterocycles. The molecule has 1 aliphatic rings. The van der Waals surface area contributed by atoms with E-state index in [0.717, 1.165) is 19.5 Å². The first-order chi connectivity index (χ1) is 14.8. The molecular formula is C22H22ClFN6O. The third kappa shape index (κ3) is 3.32. The van der Waals surface area contributed by atoms with Crippen LogP contribution in [0.3, 0.4) is 0 Å². The lowest BCUT2D eigenvalue weighted by Gasteiger charge is -2.22. The Kier molecular flexibility index (Phi) is 4.64. The van der Waals surface area contributed by atoms with Crippen molar-refractivity contribution in [1.82, 2.24) is 19.9 Å². The van der Waals surface area contributed by atoms with Crippen LogP contribution in [0.2, 0.25) is 5.02 Å². The topological polar surface area (TPSA) is 94.0 Å². The van der Waals surface area contributed by atoms with Crippen LogP contribution in [0.1, 0.15) is 6.42 Å². The molecule has 1 saturated heterocycles. The van der Waals surface area contributed by atoms with E-state index < -0.39 is 0 Å². The van der Waals surface area contributed by atoms with Gasteiger partial charge in [0.2, 0.25) is 0 Å². The smallest absolute Gasteiger partial charge is 0.261 e. The van der Waals surface area contributed by atoms with Crippen molar-refractivity contribution in [3.05, 3.63) is 51.5 Å². The van der Waals surface area contributed by atoms with Gasteiger partial charge < -0.3 is 25.5 Å². The summed E-state index contributed by atoms with van der Waals surface area (Å²) < 4.78 is 14.9.